The number of H-pyrrole nitrogens is 1. The number of aromatic nitrogens is 1. The fourth-order valence-corrected chi connectivity index (χ4v) is 5.63. The van der Waals surface area contributed by atoms with Crippen molar-refractivity contribution in [2.24, 2.45) is 0 Å². The van der Waals surface area contributed by atoms with E-state index in [4.69, 9.17) is 0 Å². The van der Waals surface area contributed by atoms with E-state index in [2.05, 4.69) is 10.3 Å². The lowest BCUT2D eigenvalue weighted by Gasteiger charge is -2.23. The molecule has 1 aliphatic heterocycles. The number of aliphatic carboxylic acids is 1. The second-order valence-electron chi connectivity index (χ2n) is 6.26. The molecule has 3 heterocycles. The lowest BCUT2D eigenvalue weighted by molar-refractivity contribution is -0.141. The number of carboxylic acids is 1. The predicted molar refractivity (Wildman–Crippen MR) is 105 cm³/mol. The van der Waals surface area contributed by atoms with Crippen LogP contribution in [0.3, 0.4) is 0 Å². The number of amides is 1. The van der Waals surface area contributed by atoms with E-state index >= 15 is 0 Å². The van der Waals surface area contributed by atoms with Gasteiger partial charge in [0, 0.05) is 28.4 Å². The molecule has 134 valence electrons. The van der Waals surface area contributed by atoms with E-state index in [0.717, 1.165) is 34.2 Å². The number of carbonyl (C=O) groups is 2. The van der Waals surface area contributed by atoms with Gasteiger partial charge < -0.3 is 15.4 Å². The molecule has 3 N–H and O–H groups in total. The normalized spacial score (nSPS) is 17.6. The Labute approximate surface area is 158 Å². The highest BCUT2D eigenvalue weighted by Gasteiger charge is 2.31. The van der Waals surface area contributed by atoms with Gasteiger partial charge in [0.1, 0.15) is 11.3 Å². The van der Waals surface area contributed by atoms with Crippen molar-refractivity contribution in [2.45, 2.75) is 24.1 Å². The number of fused-ring (bicyclic) bond motifs is 2. The maximum atomic E-state index is 12.8. The molecule has 0 fully saturated rings. The van der Waals surface area contributed by atoms with Crippen LogP contribution < -0.4 is 5.32 Å². The van der Waals surface area contributed by atoms with Gasteiger partial charge in [-0.2, -0.15) is 0 Å². The molecule has 0 radical (unpaired) electrons. The Hall–Kier alpha value is -2.25. The number of aromatic amines is 1. The lowest BCUT2D eigenvalue weighted by atomic mass is 10.0. The predicted octanol–water partition coefficient (Wildman–Crippen LogP) is 3.37. The molecule has 0 spiro atoms. The van der Waals surface area contributed by atoms with Crippen molar-refractivity contribution in [2.75, 3.05) is 5.75 Å². The zero-order valence-electron chi connectivity index (χ0n) is 13.9. The molecule has 0 saturated carbocycles. The minimum Gasteiger partial charge on any atom is -0.480 e. The van der Waals surface area contributed by atoms with Gasteiger partial charge in [-0.05, 0) is 40.8 Å². The molecule has 26 heavy (non-hydrogen) atoms. The number of aryl methyl sites for hydroxylation is 1. The van der Waals surface area contributed by atoms with E-state index in [1.54, 1.807) is 23.1 Å². The van der Waals surface area contributed by atoms with E-state index in [1.807, 2.05) is 41.9 Å². The molecule has 5 nitrogen and oxygen atoms in total. The van der Waals surface area contributed by atoms with Gasteiger partial charge in [0.05, 0.1) is 0 Å². The van der Waals surface area contributed by atoms with Gasteiger partial charge in [0.25, 0.3) is 0 Å². The summed E-state index contributed by atoms with van der Waals surface area (Å²) >= 11 is 3.24. The molecular formula is C19H18N2O3S2. The van der Waals surface area contributed by atoms with E-state index in [9.17, 15) is 14.7 Å². The number of hydrogen-bond acceptors (Lipinski definition) is 4. The molecule has 4 rings (SSSR count). The molecule has 2 atom stereocenters. The Kier molecular flexibility index (Phi) is 4.74. The smallest absolute Gasteiger partial charge is 0.326 e. The van der Waals surface area contributed by atoms with Gasteiger partial charge in [0.2, 0.25) is 5.91 Å². The lowest BCUT2D eigenvalue weighted by Crippen LogP contribution is -2.44. The zero-order valence-corrected chi connectivity index (χ0v) is 15.5. The number of thioether (sulfide) groups is 1. The minimum absolute atomic E-state index is 0.221. The van der Waals surface area contributed by atoms with Crippen molar-refractivity contribution in [3.8, 4) is 0 Å². The highest BCUT2D eigenvalue weighted by molar-refractivity contribution is 8.00. The maximum absolute atomic E-state index is 12.8. The van der Waals surface area contributed by atoms with Crippen LogP contribution in [0.4, 0.5) is 0 Å². The minimum atomic E-state index is -1.02. The van der Waals surface area contributed by atoms with Crippen molar-refractivity contribution < 1.29 is 14.7 Å². The van der Waals surface area contributed by atoms with E-state index < -0.39 is 12.0 Å². The van der Waals surface area contributed by atoms with Crippen molar-refractivity contribution in [1.82, 2.24) is 10.3 Å². The Balaban J connectivity index is 1.53. The Morgan fingerprint density at radius 3 is 3.00 bits per heavy atom. The van der Waals surface area contributed by atoms with Crippen LogP contribution in [0.5, 0.6) is 0 Å². The third-order valence-electron chi connectivity index (χ3n) is 4.63. The number of para-hydroxylation sites is 1. The summed E-state index contributed by atoms with van der Waals surface area (Å²) in [6, 6.07) is 8.78. The Morgan fingerprint density at radius 2 is 2.15 bits per heavy atom. The standard InChI is InChI=1S/C19H18N2O3S2/c22-18(17-13-5-7-25-16(13)6-8-26-17)21-15(19(23)24)9-11-10-20-14-4-2-1-3-12(11)14/h1-5,7,10,15,17,20H,6,8-9H2,(H,21,22)(H,23,24). The first-order chi connectivity index (χ1) is 12.6. The summed E-state index contributed by atoms with van der Waals surface area (Å²) in [5.41, 5.74) is 2.88. The average Bonchev–Trinajstić information content (AvgIpc) is 3.27. The number of hydrogen-bond donors (Lipinski definition) is 3. The van der Waals surface area contributed by atoms with Gasteiger partial charge in [-0.3, -0.25) is 4.79 Å². The van der Waals surface area contributed by atoms with Crippen LogP contribution in [0, 0.1) is 0 Å². The van der Waals surface area contributed by atoms with Crippen molar-refractivity contribution in [3.05, 3.63) is 57.9 Å². The summed E-state index contributed by atoms with van der Waals surface area (Å²) in [5.74, 6) is -0.359. The van der Waals surface area contributed by atoms with Crippen molar-refractivity contribution >= 4 is 45.9 Å². The first-order valence-corrected chi connectivity index (χ1v) is 10.3. The topological polar surface area (TPSA) is 82.2 Å². The molecule has 1 aliphatic rings. The van der Waals surface area contributed by atoms with Crippen LogP contribution in [0.15, 0.2) is 41.9 Å². The van der Waals surface area contributed by atoms with Gasteiger partial charge >= 0.3 is 5.97 Å². The molecule has 3 aromatic rings. The summed E-state index contributed by atoms with van der Waals surface area (Å²) in [7, 11) is 0. The highest BCUT2D eigenvalue weighted by atomic mass is 32.2. The summed E-state index contributed by atoms with van der Waals surface area (Å²) in [4.78, 5) is 28.9. The molecule has 2 unspecified atom stereocenters. The Bertz CT molecular complexity index is 963. The molecule has 1 amide bonds. The first kappa shape index (κ1) is 17.2. The second kappa shape index (κ2) is 7.17. The van der Waals surface area contributed by atoms with Gasteiger partial charge in [-0.1, -0.05) is 18.2 Å². The molecule has 1 aromatic carbocycles. The van der Waals surface area contributed by atoms with Crippen LogP contribution in [0.1, 0.15) is 21.3 Å². The van der Waals surface area contributed by atoms with Crippen molar-refractivity contribution in [1.29, 1.82) is 0 Å². The van der Waals surface area contributed by atoms with E-state index in [0.29, 0.717) is 0 Å². The third-order valence-corrected chi connectivity index (χ3v) is 6.87. The number of carboxylic acid groups (broad SMARTS) is 1. The van der Waals surface area contributed by atoms with Crippen LogP contribution in [-0.2, 0) is 22.4 Å². The molecule has 0 aliphatic carbocycles. The summed E-state index contributed by atoms with van der Waals surface area (Å²) in [5, 5.41) is 15.0. The molecule has 0 bridgehead atoms. The van der Waals surface area contributed by atoms with Gasteiger partial charge in [-0.25, -0.2) is 4.79 Å². The van der Waals surface area contributed by atoms with Crippen LogP contribution >= 0.6 is 23.1 Å². The molecular weight excluding hydrogens is 368 g/mol. The fourth-order valence-electron chi connectivity index (χ4n) is 3.33. The van der Waals surface area contributed by atoms with E-state index in [-0.39, 0.29) is 17.6 Å². The van der Waals surface area contributed by atoms with Crippen LogP contribution in [0.25, 0.3) is 10.9 Å². The van der Waals surface area contributed by atoms with Gasteiger partial charge in [0.15, 0.2) is 0 Å². The molecule has 7 heteroatoms. The zero-order chi connectivity index (χ0) is 18.1. The number of benzene rings is 1. The SMILES string of the molecule is O=C(O)C(Cc1c[nH]c2ccccc12)NC(=O)C1SCCc2sccc21. The third kappa shape index (κ3) is 3.24. The maximum Gasteiger partial charge on any atom is 0.326 e. The summed E-state index contributed by atoms with van der Waals surface area (Å²) in [6.07, 6.45) is 3.04. The first-order valence-electron chi connectivity index (χ1n) is 8.39. The molecule has 0 saturated heterocycles. The van der Waals surface area contributed by atoms with Crippen molar-refractivity contribution in [3.63, 3.8) is 0 Å². The Morgan fingerprint density at radius 1 is 1.31 bits per heavy atom. The van der Waals surface area contributed by atoms with Crippen LogP contribution in [-0.4, -0.2) is 33.8 Å². The quantitative estimate of drug-likeness (QED) is 0.628. The fraction of sp³-hybridized carbons (Fsp3) is 0.263. The van der Waals surface area contributed by atoms with Gasteiger partial charge in [-0.15, -0.1) is 23.1 Å². The summed E-state index contributed by atoms with van der Waals surface area (Å²) < 4.78 is 0. The number of carbonyl (C=O) groups excluding carboxylic acids is 1. The molecule has 2 aromatic heterocycles. The number of thiophene rings is 1. The number of rotatable bonds is 5. The largest absolute Gasteiger partial charge is 0.480 e. The summed E-state index contributed by atoms with van der Waals surface area (Å²) in [6.45, 7) is 0. The van der Waals surface area contributed by atoms with Crippen LogP contribution in [0.2, 0.25) is 0 Å². The number of nitrogens with one attached hydrogen (secondary N) is 2. The monoisotopic (exact) mass is 386 g/mol. The average molecular weight is 386 g/mol. The van der Waals surface area contributed by atoms with E-state index in [1.165, 1.54) is 4.88 Å². The highest BCUT2D eigenvalue weighted by Crippen LogP contribution is 2.39. The second-order valence-corrected chi connectivity index (χ2v) is 8.48.